The Bertz CT molecular complexity index is 655. The van der Waals surface area contributed by atoms with Crippen molar-refractivity contribution < 1.29 is 23.5 Å². The van der Waals surface area contributed by atoms with Crippen molar-refractivity contribution >= 4 is 12.0 Å². The number of nitrogens with zero attached hydrogens (tertiary/aromatic N) is 2. The molecule has 0 aliphatic carbocycles. The Kier molecular flexibility index (Phi) is 8.04. The van der Waals surface area contributed by atoms with Crippen LogP contribution in [0.1, 0.15) is 27.2 Å². The molecule has 7 nitrogen and oxygen atoms in total. The molecule has 0 spiro atoms. The van der Waals surface area contributed by atoms with Gasteiger partial charge in [-0.25, -0.2) is 9.18 Å². The van der Waals surface area contributed by atoms with E-state index in [1.54, 1.807) is 11.0 Å². The average molecular weight is 395 g/mol. The minimum Gasteiger partial charge on any atom is -0.484 e. The van der Waals surface area contributed by atoms with Crippen LogP contribution in [0.5, 0.6) is 5.75 Å². The molecule has 0 aromatic heterocycles. The van der Waals surface area contributed by atoms with Gasteiger partial charge >= 0.3 is 6.09 Å². The van der Waals surface area contributed by atoms with Crippen molar-refractivity contribution in [1.29, 1.82) is 0 Å². The lowest BCUT2D eigenvalue weighted by atomic mass is 10.2. The molecule has 1 N–H and O–H groups in total. The Morgan fingerprint density at radius 1 is 1.18 bits per heavy atom. The summed E-state index contributed by atoms with van der Waals surface area (Å²) in [6.45, 7) is 9.68. The molecule has 0 atom stereocenters. The van der Waals surface area contributed by atoms with Crippen LogP contribution in [0, 0.1) is 5.82 Å². The second-order valence-corrected chi connectivity index (χ2v) is 7.76. The number of hydrogen-bond acceptors (Lipinski definition) is 5. The highest BCUT2D eigenvalue weighted by atomic mass is 19.1. The number of hydrogen-bond donors (Lipinski definition) is 1. The van der Waals surface area contributed by atoms with Gasteiger partial charge in [0.2, 0.25) is 0 Å². The zero-order chi connectivity index (χ0) is 20.6. The fraction of sp³-hybridized carbons (Fsp3) is 0.600. The maximum Gasteiger partial charge on any atom is 0.410 e. The third-order valence-corrected chi connectivity index (χ3v) is 4.16. The Hall–Kier alpha value is -2.35. The highest BCUT2D eigenvalue weighted by Gasteiger charge is 2.25. The summed E-state index contributed by atoms with van der Waals surface area (Å²) < 4.78 is 23.7. The molecule has 1 aliphatic heterocycles. The van der Waals surface area contributed by atoms with Crippen molar-refractivity contribution in [2.24, 2.45) is 0 Å². The molecule has 2 rings (SSSR count). The molecule has 1 heterocycles. The summed E-state index contributed by atoms with van der Waals surface area (Å²) in [6.07, 6.45) is 0.538. The molecule has 156 valence electrons. The zero-order valence-electron chi connectivity index (χ0n) is 16.9. The van der Waals surface area contributed by atoms with E-state index in [0.717, 1.165) is 26.1 Å². The highest BCUT2D eigenvalue weighted by molar-refractivity contribution is 5.77. The molecule has 28 heavy (non-hydrogen) atoms. The first kappa shape index (κ1) is 21.9. The molecule has 0 radical (unpaired) electrons. The number of halogens is 1. The van der Waals surface area contributed by atoms with Crippen LogP contribution in [0.3, 0.4) is 0 Å². The lowest BCUT2D eigenvalue weighted by Crippen LogP contribution is -2.50. The summed E-state index contributed by atoms with van der Waals surface area (Å²) in [7, 11) is 0. The van der Waals surface area contributed by atoms with Crippen molar-refractivity contribution in [2.45, 2.75) is 32.8 Å². The zero-order valence-corrected chi connectivity index (χ0v) is 16.9. The summed E-state index contributed by atoms with van der Waals surface area (Å²) in [5, 5.41) is 2.79. The van der Waals surface area contributed by atoms with Crippen LogP contribution in [0.15, 0.2) is 24.3 Å². The van der Waals surface area contributed by atoms with Gasteiger partial charge in [-0.05, 0) is 45.9 Å². The van der Waals surface area contributed by atoms with E-state index in [9.17, 15) is 14.0 Å². The third kappa shape index (κ3) is 8.12. The highest BCUT2D eigenvalue weighted by Crippen LogP contribution is 2.12. The Morgan fingerprint density at radius 2 is 1.89 bits per heavy atom. The monoisotopic (exact) mass is 395 g/mol. The molecule has 1 aliphatic rings. The molecular weight excluding hydrogens is 365 g/mol. The number of amides is 2. The predicted octanol–water partition coefficient (Wildman–Crippen LogP) is 2.26. The maximum absolute atomic E-state index is 13.0. The van der Waals surface area contributed by atoms with Gasteiger partial charge in [-0.3, -0.25) is 9.69 Å². The fourth-order valence-electron chi connectivity index (χ4n) is 2.77. The normalized spacial score (nSPS) is 15.2. The molecule has 0 unspecified atom stereocenters. The lowest BCUT2D eigenvalue weighted by molar-refractivity contribution is -0.123. The lowest BCUT2D eigenvalue weighted by Gasteiger charge is -2.35. The average Bonchev–Trinajstić information content (AvgIpc) is 2.63. The largest absolute Gasteiger partial charge is 0.484 e. The van der Waals surface area contributed by atoms with Crippen molar-refractivity contribution in [3.05, 3.63) is 30.1 Å². The van der Waals surface area contributed by atoms with Gasteiger partial charge in [0.25, 0.3) is 5.91 Å². The van der Waals surface area contributed by atoms with Crippen molar-refractivity contribution in [3.8, 4) is 5.75 Å². The van der Waals surface area contributed by atoms with Gasteiger partial charge < -0.3 is 19.7 Å². The fourth-order valence-corrected chi connectivity index (χ4v) is 2.77. The number of rotatable bonds is 7. The Labute approximate surface area is 165 Å². The standard InChI is InChI=1S/C20H30FN3O4/c1-20(2,3)28-19(26)24-12-10-23(11-13-24)9-5-8-22-18(25)15-27-17-7-4-6-16(21)14-17/h4,6-7,14H,5,8-13,15H2,1-3H3,(H,22,25). The van der Waals surface area contributed by atoms with Gasteiger partial charge in [0.15, 0.2) is 6.61 Å². The quantitative estimate of drug-likeness (QED) is 0.717. The van der Waals surface area contributed by atoms with E-state index >= 15 is 0 Å². The van der Waals surface area contributed by atoms with E-state index in [-0.39, 0.29) is 18.6 Å². The summed E-state index contributed by atoms with van der Waals surface area (Å²) in [5.74, 6) is -0.304. The van der Waals surface area contributed by atoms with Crippen molar-refractivity contribution in [3.63, 3.8) is 0 Å². The van der Waals surface area contributed by atoms with Gasteiger partial charge in [-0.1, -0.05) is 6.07 Å². The second kappa shape index (κ2) is 10.3. The molecule has 1 aromatic rings. The summed E-state index contributed by atoms with van der Waals surface area (Å²) in [6, 6.07) is 5.70. The van der Waals surface area contributed by atoms with Crippen LogP contribution in [0.25, 0.3) is 0 Å². The second-order valence-electron chi connectivity index (χ2n) is 7.76. The third-order valence-electron chi connectivity index (χ3n) is 4.16. The van der Waals surface area contributed by atoms with Crippen LogP contribution < -0.4 is 10.1 Å². The first-order valence-electron chi connectivity index (χ1n) is 9.58. The molecule has 0 saturated carbocycles. The molecule has 8 heteroatoms. The summed E-state index contributed by atoms with van der Waals surface area (Å²) >= 11 is 0. The van der Waals surface area contributed by atoms with E-state index < -0.39 is 11.4 Å². The first-order valence-corrected chi connectivity index (χ1v) is 9.58. The van der Waals surface area contributed by atoms with Gasteiger partial charge in [-0.2, -0.15) is 0 Å². The molecule has 0 bridgehead atoms. The Morgan fingerprint density at radius 3 is 2.54 bits per heavy atom. The topological polar surface area (TPSA) is 71.1 Å². The number of carbonyl (C=O) groups is 2. The van der Waals surface area contributed by atoms with Crippen LogP contribution in [0.4, 0.5) is 9.18 Å². The van der Waals surface area contributed by atoms with Crippen LogP contribution in [-0.4, -0.2) is 73.3 Å². The van der Waals surface area contributed by atoms with E-state index in [1.165, 1.54) is 18.2 Å². The number of carbonyl (C=O) groups excluding carboxylic acids is 2. The number of piperazine rings is 1. The van der Waals surface area contributed by atoms with Gasteiger partial charge in [0.1, 0.15) is 17.2 Å². The van der Waals surface area contributed by atoms with Gasteiger partial charge in [-0.15, -0.1) is 0 Å². The summed E-state index contributed by atoms with van der Waals surface area (Å²) in [5.41, 5.74) is -0.481. The maximum atomic E-state index is 13.0. The Balaban J connectivity index is 1.55. The minimum atomic E-state index is -0.481. The van der Waals surface area contributed by atoms with E-state index in [4.69, 9.17) is 9.47 Å². The summed E-state index contributed by atoms with van der Waals surface area (Å²) in [4.78, 5) is 27.8. The van der Waals surface area contributed by atoms with E-state index in [1.807, 2.05) is 20.8 Å². The number of benzene rings is 1. The van der Waals surface area contributed by atoms with E-state index in [0.29, 0.717) is 25.4 Å². The first-order chi connectivity index (χ1) is 13.2. The molecule has 1 saturated heterocycles. The van der Waals surface area contributed by atoms with Gasteiger partial charge in [0, 0.05) is 38.8 Å². The number of nitrogens with one attached hydrogen (secondary N) is 1. The van der Waals surface area contributed by atoms with Crippen LogP contribution in [-0.2, 0) is 9.53 Å². The van der Waals surface area contributed by atoms with Crippen molar-refractivity contribution in [1.82, 2.24) is 15.1 Å². The SMILES string of the molecule is CC(C)(C)OC(=O)N1CCN(CCCNC(=O)COc2cccc(F)c2)CC1. The number of ether oxygens (including phenoxy) is 2. The van der Waals surface area contributed by atoms with Gasteiger partial charge in [0.05, 0.1) is 0 Å². The molecule has 2 amide bonds. The molecule has 1 fully saturated rings. The van der Waals surface area contributed by atoms with Crippen LogP contribution >= 0.6 is 0 Å². The van der Waals surface area contributed by atoms with Crippen LogP contribution in [0.2, 0.25) is 0 Å². The predicted molar refractivity (Wildman–Crippen MR) is 104 cm³/mol. The molecular formula is C20H30FN3O4. The van der Waals surface area contributed by atoms with E-state index in [2.05, 4.69) is 10.2 Å². The molecule has 1 aromatic carbocycles. The smallest absolute Gasteiger partial charge is 0.410 e. The minimum absolute atomic E-state index is 0.141. The van der Waals surface area contributed by atoms with Crippen molar-refractivity contribution in [2.75, 3.05) is 45.9 Å².